The van der Waals surface area contributed by atoms with E-state index >= 15 is 0 Å². The molecule has 0 rings (SSSR count). The van der Waals surface area contributed by atoms with Gasteiger partial charge in [-0.1, -0.05) is 0 Å². The number of methoxy groups -OCH3 is 1. The van der Waals surface area contributed by atoms with E-state index in [0.717, 1.165) is 0 Å². The molecule has 0 N–H and O–H groups in total. The highest BCUT2D eigenvalue weighted by Crippen LogP contribution is 1.78. The molecule has 0 saturated heterocycles. The molecule has 0 unspecified atom stereocenters. The first-order valence-corrected chi connectivity index (χ1v) is 2.73. The molecule has 0 fully saturated rings. The molecule has 0 aliphatic heterocycles. The molecule has 4 nitrogen and oxygen atoms in total. The SMILES string of the molecule is CN=CC(=NC)C(=O)OC. The number of rotatable bonds is 2. The fraction of sp³-hybridized carbons (Fsp3) is 0.500. The van der Waals surface area contributed by atoms with Gasteiger partial charge >= 0.3 is 5.97 Å². The molecule has 0 aromatic carbocycles. The van der Waals surface area contributed by atoms with Gasteiger partial charge in [-0.3, -0.25) is 9.98 Å². The molecular formula is C6H10N2O2. The highest BCUT2D eigenvalue weighted by molar-refractivity contribution is 6.59. The van der Waals surface area contributed by atoms with Gasteiger partial charge in [0.2, 0.25) is 0 Å². The van der Waals surface area contributed by atoms with Gasteiger partial charge in [0.15, 0.2) is 5.71 Å². The highest BCUT2D eigenvalue weighted by atomic mass is 16.5. The number of aliphatic imine (C=N–C) groups is 2. The number of ether oxygens (including phenoxy) is 1. The molecule has 0 heterocycles. The molecule has 0 aromatic rings. The van der Waals surface area contributed by atoms with Crippen molar-refractivity contribution < 1.29 is 9.53 Å². The van der Waals surface area contributed by atoms with Crippen LogP contribution in [0.5, 0.6) is 0 Å². The maximum absolute atomic E-state index is 10.7. The average Bonchev–Trinajstić information content (AvgIpc) is 1.99. The van der Waals surface area contributed by atoms with Crippen LogP contribution in [0.15, 0.2) is 9.98 Å². The maximum Gasteiger partial charge on any atom is 0.357 e. The first-order valence-electron chi connectivity index (χ1n) is 2.73. The Morgan fingerprint density at radius 3 is 2.40 bits per heavy atom. The summed E-state index contributed by atoms with van der Waals surface area (Å²) in [6.07, 6.45) is 1.35. The minimum absolute atomic E-state index is 0.227. The third kappa shape index (κ3) is 2.39. The normalized spacial score (nSPS) is 12.1. The molecule has 0 atom stereocenters. The van der Waals surface area contributed by atoms with Crippen LogP contribution in [0, 0.1) is 0 Å². The second-order valence-electron chi connectivity index (χ2n) is 1.49. The molecule has 0 saturated carbocycles. The molecule has 0 radical (unpaired) electrons. The van der Waals surface area contributed by atoms with Crippen LogP contribution in [0.25, 0.3) is 0 Å². The lowest BCUT2D eigenvalue weighted by Gasteiger charge is -1.94. The van der Waals surface area contributed by atoms with Gasteiger partial charge < -0.3 is 4.74 Å². The Morgan fingerprint density at radius 2 is 2.10 bits per heavy atom. The Balaban J connectivity index is 4.23. The van der Waals surface area contributed by atoms with Crippen molar-refractivity contribution >= 4 is 17.9 Å². The first kappa shape index (κ1) is 8.81. The zero-order valence-electron chi connectivity index (χ0n) is 6.29. The van der Waals surface area contributed by atoms with Crippen molar-refractivity contribution in [2.45, 2.75) is 0 Å². The van der Waals surface area contributed by atoms with Crippen molar-refractivity contribution in [3.05, 3.63) is 0 Å². The highest BCUT2D eigenvalue weighted by Gasteiger charge is 2.05. The van der Waals surface area contributed by atoms with Crippen LogP contribution in [0.4, 0.5) is 0 Å². The van der Waals surface area contributed by atoms with Crippen LogP contribution >= 0.6 is 0 Å². The second-order valence-corrected chi connectivity index (χ2v) is 1.49. The predicted molar refractivity (Wildman–Crippen MR) is 39.8 cm³/mol. The maximum atomic E-state index is 10.7. The van der Waals surface area contributed by atoms with Crippen LogP contribution < -0.4 is 0 Å². The summed E-state index contributed by atoms with van der Waals surface area (Å²) in [5, 5.41) is 0. The summed E-state index contributed by atoms with van der Waals surface area (Å²) < 4.78 is 4.39. The van der Waals surface area contributed by atoms with E-state index in [1.54, 1.807) is 7.05 Å². The first-order chi connectivity index (χ1) is 4.76. The smallest absolute Gasteiger partial charge is 0.357 e. The van der Waals surface area contributed by atoms with Crippen LogP contribution in [-0.2, 0) is 9.53 Å². The van der Waals surface area contributed by atoms with Crippen molar-refractivity contribution in [2.24, 2.45) is 9.98 Å². The molecule has 4 heteroatoms. The predicted octanol–water partition coefficient (Wildman–Crippen LogP) is -0.0692. The van der Waals surface area contributed by atoms with Gasteiger partial charge in [-0.25, -0.2) is 4.79 Å². The molecule has 0 bridgehead atoms. The van der Waals surface area contributed by atoms with Crippen molar-refractivity contribution in [3.8, 4) is 0 Å². The van der Waals surface area contributed by atoms with Gasteiger partial charge in [0, 0.05) is 14.1 Å². The number of esters is 1. The van der Waals surface area contributed by atoms with Crippen molar-refractivity contribution in [1.29, 1.82) is 0 Å². The van der Waals surface area contributed by atoms with E-state index in [1.807, 2.05) is 0 Å². The number of carbonyl (C=O) groups excluding carboxylic acids is 1. The van der Waals surface area contributed by atoms with Crippen LogP contribution in [0.2, 0.25) is 0 Å². The van der Waals surface area contributed by atoms with E-state index in [0.29, 0.717) is 0 Å². The molecule has 10 heavy (non-hydrogen) atoms. The van der Waals surface area contributed by atoms with Gasteiger partial charge in [-0.15, -0.1) is 0 Å². The molecule has 0 aromatic heterocycles. The van der Waals surface area contributed by atoms with Crippen LogP contribution in [0.3, 0.4) is 0 Å². The second kappa shape index (κ2) is 4.67. The zero-order valence-corrected chi connectivity index (χ0v) is 6.29. The Hall–Kier alpha value is -1.19. The molecule has 0 amide bonds. The Kier molecular flexibility index (Phi) is 4.11. The third-order valence-corrected chi connectivity index (χ3v) is 0.887. The number of carbonyl (C=O) groups is 1. The number of hydrogen-bond acceptors (Lipinski definition) is 4. The lowest BCUT2D eigenvalue weighted by atomic mass is 10.4. The standard InChI is InChI=1S/C6H10N2O2/c1-7-4-5(8-2)6(9)10-3/h4H,1-3H3. The Morgan fingerprint density at radius 1 is 1.50 bits per heavy atom. The van der Waals surface area contributed by atoms with Crippen LogP contribution in [-0.4, -0.2) is 39.1 Å². The molecule has 0 aliphatic rings. The zero-order chi connectivity index (χ0) is 7.98. The van der Waals surface area contributed by atoms with Crippen molar-refractivity contribution in [1.82, 2.24) is 0 Å². The third-order valence-electron chi connectivity index (χ3n) is 0.887. The fourth-order valence-electron chi connectivity index (χ4n) is 0.429. The quantitative estimate of drug-likeness (QED) is 0.400. The van der Waals surface area contributed by atoms with E-state index in [2.05, 4.69) is 14.7 Å². The monoisotopic (exact) mass is 142 g/mol. The Bertz CT molecular complexity index is 173. The summed E-state index contributed by atoms with van der Waals surface area (Å²) in [6.45, 7) is 0. The van der Waals surface area contributed by atoms with E-state index < -0.39 is 5.97 Å². The van der Waals surface area contributed by atoms with E-state index in [9.17, 15) is 4.79 Å². The van der Waals surface area contributed by atoms with Crippen LogP contribution in [0.1, 0.15) is 0 Å². The topological polar surface area (TPSA) is 51.0 Å². The van der Waals surface area contributed by atoms with Gasteiger partial charge in [0.1, 0.15) is 0 Å². The van der Waals surface area contributed by atoms with E-state index in [-0.39, 0.29) is 5.71 Å². The van der Waals surface area contributed by atoms with Gasteiger partial charge in [0.25, 0.3) is 0 Å². The number of hydrogen-bond donors (Lipinski definition) is 0. The minimum atomic E-state index is -0.465. The van der Waals surface area contributed by atoms with Gasteiger partial charge in [-0.05, 0) is 0 Å². The summed E-state index contributed by atoms with van der Waals surface area (Å²) in [5.74, 6) is -0.465. The Labute approximate surface area is 59.6 Å². The largest absolute Gasteiger partial charge is 0.464 e. The molecule has 0 aliphatic carbocycles. The molecular weight excluding hydrogens is 132 g/mol. The lowest BCUT2D eigenvalue weighted by Crippen LogP contribution is -2.16. The minimum Gasteiger partial charge on any atom is -0.464 e. The summed E-state index contributed by atoms with van der Waals surface area (Å²) >= 11 is 0. The molecule has 0 spiro atoms. The number of nitrogens with zero attached hydrogens (tertiary/aromatic N) is 2. The average molecular weight is 142 g/mol. The summed E-state index contributed by atoms with van der Waals surface area (Å²) in [7, 11) is 4.37. The van der Waals surface area contributed by atoms with Crippen molar-refractivity contribution in [2.75, 3.05) is 21.2 Å². The van der Waals surface area contributed by atoms with E-state index in [1.165, 1.54) is 20.4 Å². The van der Waals surface area contributed by atoms with Gasteiger partial charge in [0.05, 0.1) is 13.3 Å². The van der Waals surface area contributed by atoms with E-state index in [4.69, 9.17) is 0 Å². The fourth-order valence-corrected chi connectivity index (χ4v) is 0.429. The summed E-state index contributed by atoms with van der Waals surface area (Å²) in [4.78, 5) is 17.9. The van der Waals surface area contributed by atoms with Gasteiger partial charge in [-0.2, -0.15) is 0 Å². The molecule has 56 valence electrons. The summed E-state index contributed by atoms with van der Waals surface area (Å²) in [5.41, 5.74) is 0.227. The summed E-state index contributed by atoms with van der Waals surface area (Å²) in [6, 6.07) is 0. The lowest BCUT2D eigenvalue weighted by molar-refractivity contribution is -0.132. The van der Waals surface area contributed by atoms with Crippen molar-refractivity contribution in [3.63, 3.8) is 0 Å².